The monoisotopic (exact) mass is 289 g/mol. The Kier molecular flexibility index (Phi) is 3.63. The lowest BCUT2D eigenvalue weighted by atomic mass is 10.2. The van der Waals surface area contributed by atoms with Gasteiger partial charge in [-0.05, 0) is 19.1 Å². The standard InChI is InChI=1S/C14H15N3O4/c1-9(11-4-5-21-17-11)15-14(18)16-10-2-3-12-13(8-10)20-7-6-19-12/h2-5,8-9H,6-7H2,1H3,(H2,15,16,18). The first-order valence-corrected chi connectivity index (χ1v) is 6.60. The summed E-state index contributed by atoms with van der Waals surface area (Å²) in [5.41, 5.74) is 1.29. The zero-order valence-electron chi connectivity index (χ0n) is 11.5. The fraction of sp³-hybridized carbons (Fsp3) is 0.286. The van der Waals surface area contributed by atoms with Crippen LogP contribution in [0.25, 0.3) is 0 Å². The number of carbonyl (C=O) groups excluding carboxylic acids is 1. The highest BCUT2D eigenvalue weighted by Crippen LogP contribution is 2.32. The third-order valence-corrected chi connectivity index (χ3v) is 3.05. The first-order valence-electron chi connectivity index (χ1n) is 6.60. The van der Waals surface area contributed by atoms with Crippen LogP contribution in [0.4, 0.5) is 10.5 Å². The van der Waals surface area contributed by atoms with E-state index in [1.165, 1.54) is 6.26 Å². The second-order valence-corrected chi connectivity index (χ2v) is 4.60. The number of hydrogen-bond donors (Lipinski definition) is 2. The first kappa shape index (κ1) is 13.3. The van der Waals surface area contributed by atoms with Crippen molar-refractivity contribution in [3.05, 3.63) is 36.2 Å². The lowest BCUT2D eigenvalue weighted by Crippen LogP contribution is -2.31. The van der Waals surface area contributed by atoms with E-state index in [1.807, 2.05) is 6.92 Å². The van der Waals surface area contributed by atoms with Crippen LogP contribution in [0.1, 0.15) is 18.7 Å². The van der Waals surface area contributed by atoms with Crippen LogP contribution >= 0.6 is 0 Å². The summed E-state index contributed by atoms with van der Waals surface area (Å²) in [6.07, 6.45) is 1.46. The van der Waals surface area contributed by atoms with Crippen LogP contribution < -0.4 is 20.1 Å². The van der Waals surface area contributed by atoms with Gasteiger partial charge in [-0.15, -0.1) is 0 Å². The average Bonchev–Trinajstić information content (AvgIpc) is 3.01. The number of amides is 2. The molecular formula is C14H15N3O4. The van der Waals surface area contributed by atoms with Crippen LogP contribution in [0.15, 0.2) is 35.1 Å². The van der Waals surface area contributed by atoms with E-state index in [0.29, 0.717) is 36.1 Å². The van der Waals surface area contributed by atoms with E-state index in [4.69, 9.17) is 14.0 Å². The summed E-state index contributed by atoms with van der Waals surface area (Å²) in [5.74, 6) is 1.31. The highest BCUT2D eigenvalue weighted by Gasteiger charge is 2.15. The molecule has 1 aromatic carbocycles. The van der Waals surface area contributed by atoms with E-state index < -0.39 is 0 Å². The minimum Gasteiger partial charge on any atom is -0.486 e. The van der Waals surface area contributed by atoms with Crippen LogP contribution in [-0.2, 0) is 0 Å². The Morgan fingerprint density at radius 2 is 2.05 bits per heavy atom. The van der Waals surface area contributed by atoms with Gasteiger partial charge < -0.3 is 24.6 Å². The van der Waals surface area contributed by atoms with Crippen LogP contribution in [0.2, 0.25) is 0 Å². The smallest absolute Gasteiger partial charge is 0.319 e. The molecule has 7 nitrogen and oxygen atoms in total. The van der Waals surface area contributed by atoms with Crippen molar-refractivity contribution in [1.82, 2.24) is 10.5 Å². The lowest BCUT2D eigenvalue weighted by Gasteiger charge is -2.19. The molecule has 2 aromatic rings. The Balaban J connectivity index is 1.62. The van der Waals surface area contributed by atoms with Crippen molar-refractivity contribution in [2.45, 2.75) is 13.0 Å². The molecule has 1 unspecified atom stereocenters. The molecule has 2 amide bonds. The molecule has 0 radical (unpaired) electrons. The Labute approximate surface area is 121 Å². The van der Waals surface area contributed by atoms with Gasteiger partial charge in [0.15, 0.2) is 11.5 Å². The summed E-state index contributed by atoms with van der Waals surface area (Å²) in [7, 11) is 0. The van der Waals surface area contributed by atoms with Crippen molar-refractivity contribution in [3.8, 4) is 11.5 Å². The SMILES string of the molecule is CC(NC(=O)Nc1ccc2c(c1)OCCO2)c1ccon1. The second-order valence-electron chi connectivity index (χ2n) is 4.60. The van der Waals surface area contributed by atoms with Gasteiger partial charge in [-0.25, -0.2) is 4.79 Å². The molecular weight excluding hydrogens is 274 g/mol. The van der Waals surface area contributed by atoms with Crippen LogP contribution in [0.5, 0.6) is 11.5 Å². The molecule has 0 spiro atoms. The molecule has 0 saturated carbocycles. The van der Waals surface area contributed by atoms with Gasteiger partial charge in [-0.2, -0.15) is 0 Å². The molecule has 2 N–H and O–H groups in total. The number of nitrogens with zero attached hydrogens (tertiary/aromatic N) is 1. The Hall–Kier alpha value is -2.70. The molecule has 3 rings (SSSR count). The zero-order valence-corrected chi connectivity index (χ0v) is 11.5. The van der Waals surface area contributed by atoms with Gasteiger partial charge in [-0.3, -0.25) is 0 Å². The summed E-state index contributed by atoms with van der Waals surface area (Å²) in [6, 6.07) is 6.38. The molecule has 0 bridgehead atoms. The molecule has 2 heterocycles. The van der Waals surface area contributed by atoms with Gasteiger partial charge in [0.25, 0.3) is 0 Å². The van der Waals surface area contributed by atoms with Crippen molar-refractivity contribution >= 4 is 11.7 Å². The normalized spacial score (nSPS) is 14.3. The maximum absolute atomic E-state index is 11.9. The largest absolute Gasteiger partial charge is 0.486 e. The van der Waals surface area contributed by atoms with Gasteiger partial charge in [0.1, 0.15) is 25.2 Å². The van der Waals surface area contributed by atoms with E-state index >= 15 is 0 Å². The number of benzene rings is 1. The van der Waals surface area contributed by atoms with Crippen molar-refractivity contribution in [2.75, 3.05) is 18.5 Å². The molecule has 0 aliphatic carbocycles. The second kappa shape index (κ2) is 5.74. The van der Waals surface area contributed by atoms with Crippen LogP contribution in [0, 0.1) is 0 Å². The minimum absolute atomic E-state index is 0.249. The number of fused-ring (bicyclic) bond motifs is 1. The lowest BCUT2D eigenvalue weighted by molar-refractivity contribution is 0.171. The van der Waals surface area contributed by atoms with Gasteiger partial charge >= 0.3 is 6.03 Å². The summed E-state index contributed by atoms with van der Waals surface area (Å²) >= 11 is 0. The molecule has 1 aromatic heterocycles. The highest BCUT2D eigenvalue weighted by molar-refractivity contribution is 5.89. The summed E-state index contributed by atoms with van der Waals surface area (Å²) in [5, 5.41) is 9.29. The van der Waals surface area contributed by atoms with Gasteiger partial charge in [0.05, 0.1) is 6.04 Å². The first-order chi connectivity index (χ1) is 10.2. The molecule has 1 atom stereocenters. The predicted molar refractivity (Wildman–Crippen MR) is 74.5 cm³/mol. The zero-order chi connectivity index (χ0) is 14.7. The molecule has 21 heavy (non-hydrogen) atoms. The number of ether oxygens (including phenoxy) is 2. The van der Waals surface area contributed by atoms with E-state index in [0.717, 1.165) is 0 Å². The topological polar surface area (TPSA) is 85.6 Å². The van der Waals surface area contributed by atoms with Crippen LogP contribution in [0.3, 0.4) is 0 Å². The fourth-order valence-electron chi connectivity index (χ4n) is 2.00. The Bertz CT molecular complexity index is 627. The number of rotatable bonds is 3. The highest BCUT2D eigenvalue weighted by atomic mass is 16.6. The van der Waals surface area contributed by atoms with Gasteiger partial charge in [0.2, 0.25) is 0 Å². The maximum Gasteiger partial charge on any atom is 0.319 e. The third-order valence-electron chi connectivity index (χ3n) is 3.05. The molecule has 1 aliphatic rings. The van der Waals surface area contributed by atoms with Gasteiger partial charge in [-0.1, -0.05) is 5.16 Å². The Morgan fingerprint density at radius 1 is 1.24 bits per heavy atom. The van der Waals surface area contributed by atoms with Crippen molar-refractivity contribution < 1.29 is 18.8 Å². The number of hydrogen-bond acceptors (Lipinski definition) is 5. The molecule has 1 aliphatic heterocycles. The van der Waals surface area contributed by atoms with Crippen molar-refractivity contribution in [3.63, 3.8) is 0 Å². The van der Waals surface area contributed by atoms with Gasteiger partial charge in [0, 0.05) is 17.8 Å². The maximum atomic E-state index is 11.9. The van der Waals surface area contributed by atoms with Crippen LogP contribution in [-0.4, -0.2) is 24.4 Å². The quantitative estimate of drug-likeness (QED) is 0.905. The fourth-order valence-corrected chi connectivity index (χ4v) is 2.00. The molecule has 0 saturated heterocycles. The predicted octanol–water partition coefficient (Wildman–Crippen LogP) is 2.33. The summed E-state index contributed by atoms with van der Waals surface area (Å²) in [4.78, 5) is 11.9. The van der Waals surface area contributed by atoms with E-state index in [1.54, 1.807) is 24.3 Å². The van der Waals surface area contributed by atoms with Crippen molar-refractivity contribution in [2.24, 2.45) is 0 Å². The van der Waals surface area contributed by atoms with E-state index in [-0.39, 0.29) is 12.1 Å². The van der Waals surface area contributed by atoms with E-state index in [2.05, 4.69) is 15.8 Å². The number of urea groups is 1. The summed E-state index contributed by atoms with van der Waals surface area (Å²) in [6.45, 7) is 2.86. The molecule has 0 fully saturated rings. The molecule has 7 heteroatoms. The van der Waals surface area contributed by atoms with E-state index in [9.17, 15) is 4.79 Å². The number of aromatic nitrogens is 1. The minimum atomic E-state index is -0.331. The number of nitrogens with one attached hydrogen (secondary N) is 2. The number of anilines is 1. The van der Waals surface area contributed by atoms with Crippen molar-refractivity contribution in [1.29, 1.82) is 0 Å². The number of carbonyl (C=O) groups is 1. The summed E-state index contributed by atoms with van der Waals surface area (Å²) < 4.78 is 15.6. The average molecular weight is 289 g/mol. The third kappa shape index (κ3) is 3.07. The Morgan fingerprint density at radius 3 is 2.81 bits per heavy atom. The molecule has 110 valence electrons.